The van der Waals surface area contributed by atoms with Crippen LogP contribution in [0.4, 0.5) is 0 Å². The Balaban J connectivity index is 2.91. The predicted octanol–water partition coefficient (Wildman–Crippen LogP) is 2.65. The van der Waals surface area contributed by atoms with E-state index in [1.807, 2.05) is 0 Å². The molecule has 0 saturated heterocycles. The highest BCUT2D eigenvalue weighted by Crippen LogP contribution is 2.15. The van der Waals surface area contributed by atoms with Crippen molar-refractivity contribution in [2.45, 2.75) is 12.5 Å². The van der Waals surface area contributed by atoms with Crippen LogP contribution >= 0.6 is 23.2 Å². The maximum atomic E-state index is 10.7. The van der Waals surface area contributed by atoms with Crippen LogP contribution in [-0.2, 0) is 9.53 Å². The number of nitrogens with zero attached hydrogens (tertiary/aromatic N) is 1. The van der Waals surface area contributed by atoms with Gasteiger partial charge in [-0.2, -0.15) is 0 Å². The lowest BCUT2D eigenvalue weighted by Crippen LogP contribution is -2.21. The first-order chi connectivity index (χ1) is 7.54. The highest BCUT2D eigenvalue weighted by atomic mass is 35.5. The van der Waals surface area contributed by atoms with Crippen LogP contribution in [-0.4, -0.2) is 22.5 Å². The molecule has 0 saturated carbocycles. The van der Waals surface area contributed by atoms with E-state index in [0.717, 1.165) is 0 Å². The van der Waals surface area contributed by atoms with Crippen molar-refractivity contribution in [1.29, 1.82) is 0 Å². The lowest BCUT2D eigenvalue weighted by atomic mass is 10.1. The van der Waals surface area contributed by atoms with Crippen molar-refractivity contribution < 1.29 is 14.7 Å². The molecule has 0 heterocycles. The number of hydrogen-bond acceptors (Lipinski definition) is 4. The van der Waals surface area contributed by atoms with E-state index in [-0.39, 0.29) is 5.71 Å². The summed E-state index contributed by atoms with van der Waals surface area (Å²) in [5.74, 6) is -0.560. The monoisotopic (exact) mass is 261 g/mol. The molecule has 0 aliphatic carbocycles. The molecule has 0 radical (unpaired) electrons. The van der Waals surface area contributed by atoms with Gasteiger partial charge in [0, 0.05) is 17.5 Å². The Morgan fingerprint density at radius 2 is 2.00 bits per heavy atom. The third kappa shape index (κ3) is 3.40. The van der Waals surface area contributed by atoms with Gasteiger partial charge in [-0.05, 0) is 12.1 Å². The molecule has 0 fully saturated rings. The van der Waals surface area contributed by atoms with E-state index in [9.17, 15) is 4.79 Å². The fraction of sp³-hybridized carbons (Fsp3) is 0.200. The Bertz CT molecular complexity index is 403. The van der Waals surface area contributed by atoms with Gasteiger partial charge in [-0.15, -0.1) is 0 Å². The molecule has 86 valence electrons. The third-order valence-electron chi connectivity index (χ3n) is 1.73. The van der Waals surface area contributed by atoms with E-state index in [1.54, 1.807) is 24.3 Å². The van der Waals surface area contributed by atoms with Crippen molar-refractivity contribution in [3.05, 3.63) is 34.9 Å². The van der Waals surface area contributed by atoms with Crippen LogP contribution in [0.15, 0.2) is 29.4 Å². The summed E-state index contributed by atoms with van der Waals surface area (Å²) >= 11 is 11.5. The fourth-order valence-corrected chi connectivity index (χ4v) is 1.48. The second kappa shape index (κ2) is 5.72. The zero-order valence-corrected chi connectivity index (χ0v) is 9.87. The lowest BCUT2D eigenvalue weighted by Gasteiger charge is -2.11. The molecule has 0 aliphatic rings. The van der Waals surface area contributed by atoms with Gasteiger partial charge in [-0.3, -0.25) is 4.79 Å². The number of oxime groups is 1. The molecule has 0 spiro atoms. The Morgan fingerprint density at radius 3 is 2.44 bits per heavy atom. The average Bonchev–Trinajstić information content (AvgIpc) is 2.21. The average molecular weight is 262 g/mol. The lowest BCUT2D eigenvalue weighted by molar-refractivity contribution is -0.140. The van der Waals surface area contributed by atoms with E-state index in [2.05, 4.69) is 5.16 Å². The third-order valence-corrected chi connectivity index (χ3v) is 2.28. The minimum atomic E-state index is -1.14. The summed E-state index contributed by atoms with van der Waals surface area (Å²) < 4.78 is 4.69. The number of hydrogen-bond donors (Lipinski definition) is 1. The van der Waals surface area contributed by atoms with Gasteiger partial charge in [0.1, 0.15) is 5.71 Å². The smallest absolute Gasteiger partial charge is 0.304 e. The Kier molecular flexibility index (Phi) is 4.58. The first kappa shape index (κ1) is 12.8. The molecule has 4 nitrogen and oxygen atoms in total. The highest BCUT2D eigenvalue weighted by molar-refractivity contribution is 6.34. The summed E-state index contributed by atoms with van der Waals surface area (Å²) in [5, 5.41) is 12.4. The summed E-state index contributed by atoms with van der Waals surface area (Å²) in [6.45, 7) is 1.21. The van der Waals surface area contributed by atoms with Gasteiger partial charge >= 0.3 is 5.97 Å². The first-order valence-corrected chi connectivity index (χ1v) is 5.15. The molecule has 0 amide bonds. The molecule has 0 aromatic heterocycles. The van der Waals surface area contributed by atoms with Crippen molar-refractivity contribution in [2.75, 3.05) is 0 Å². The zero-order valence-electron chi connectivity index (χ0n) is 8.35. The van der Waals surface area contributed by atoms with E-state index in [1.165, 1.54) is 6.92 Å². The molecule has 1 atom stereocenters. The number of carbonyl (C=O) groups is 1. The minimum Gasteiger partial charge on any atom is -0.440 e. The van der Waals surface area contributed by atoms with Crippen LogP contribution in [0.25, 0.3) is 0 Å². The number of halogens is 2. The van der Waals surface area contributed by atoms with Gasteiger partial charge in [0.2, 0.25) is 5.56 Å². The van der Waals surface area contributed by atoms with Crippen LogP contribution in [0, 0.1) is 0 Å². The predicted molar refractivity (Wildman–Crippen MR) is 61.2 cm³/mol. The van der Waals surface area contributed by atoms with Gasteiger partial charge in [0.05, 0.1) is 0 Å². The summed E-state index contributed by atoms with van der Waals surface area (Å²) in [7, 11) is 0. The molecule has 1 aromatic rings. The van der Waals surface area contributed by atoms with E-state index in [4.69, 9.17) is 33.1 Å². The van der Waals surface area contributed by atoms with Crippen LogP contribution in [0.1, 0.15) is 12.5 Å². The zero-order chi connectivity index (χ0) is 12.1. The SMILES string of the molecule is CC(=O)OC(Cl)/C(=N/O)c1ccc(Cl)cc1. The van der Waals surface area contributed by atoms with Crippen LogP contribution in [0.2, 0.25) is 5.02 Å². The minimum absolute atomic E-state index is 0.0496. The van der Waals surface area contributed by atoms with Crippen molar-refractivity contribution in [3.63, 3.8) is 0 Å². The maximum absolute atomic E-state index is 10.7. The molecular formula is C10H9Cl2NO3. The number of esters is 1. The molecule has 1 unspecified atom stereocenters. The van der Waals surface area contributed by atoms with Crippen molar-refractivity contribution in [3.8, 4) is 0 Å². The topological polar surface area (TPSA) is 58.9 Å². The fourth-order valence-electron chi connectivity index (χ4n) is 1.06. The molecule has 1 N–H and O–H groups in total. The second-order valence-electron chi connectivity index (χ2n) is 2.92. The summed E-state index contributed by atoms with van der Waals surface area (Å²) in [6.07, 6.45) is 0. The van der Waals surface area contributed by atoms with E-state index in [0.29, 0.717) is 10.6 Å². The van der Waals surface area contributed by atoms with Gasteiger partial charge in [-0.25, -0.2) is 0 Å². The molecule has 0 aliphatic heterocycles. The number of ether oxygens (including phenoxy) is 1. The van der Waals surface area contributed by atoms with Crippen LogP contribution < -0.4 is 0 Å². The Hall–Kier alpha value is -1.26. The maximum Gasteiger partial charge on any atom is 0.304 e. The van der Waals surface area contributed by atoms with Gasteiger partial charge < -0.3 is 9.94 Å². The van der Waals surface area contributed by atoms with Gasteiger partial charge in [0.15, 0.2) is 0 Å². The summed E-state index contributed by atoms with van der Waals surface area (Å²) in [6, 6.07) is 6.44. The summed E-state index contributed by atoms with van der Waals surface area (Å²) in [5.41, 5.74) is -0.564. The van der Waals surface area contributed by atoms with E-state index < -0.39 is 11.5 Å². The Morgan fingerprint density at radius 1 is 1.44 bits per heavy atom. The standard InChI is InChI=1S/C10H9Cl2NO3/c1-6(14)16-10(12)9(13-15)7-2-4-8(11)5-3-7/h2-5,10,15H,1H3/b13-9+. The van der Waals surface area contributed by atoms with Crippen LogP contribution in [0.5, 0.6) is 0 Å². The van der Waals surface area contributed by atoms with Crippen molar-refractivity contribution >= 4 is 34.9 Å². The molecular weight excluding hydrogens is 253 g/mol. The van der Waals surface area contributed by atoms with E-state index >= 15 is 0 Å². The second-order valence-corrected chi connectivity index (χ2v) is 3.75. The number of alkyl halides is 1. The molecule has 0 bridgehead atoms. The quantitative estimate of drug-likeness (QED) is 0.299. The highest BCUT2D eigenvalue weighted by Gasteiger charge is 2.18. The summed E-state index contributed by atoms with van der Waals surface area (Å²) in [4.78, 5) is 10.7. The number of rotatable bonds is 3. The van der Waals surface area contributed by atoms with Crippen molar-refractivity contribution in [1.82, 2.24) is 0 Å². The number of benzene rings is 1. The first-order valence-electron chi connectivity index (χ1n) is 4.33. The van der Waals surface area contributed by atoms with Crippen LogP contribution in [0.3, 0.4) is 0 Å². The molecule has 1 aromatic carbocycles. The normalized spacial score (nSPS) is 13.3. The Labute approximate surface area is 102 Å². The molecule has 6 heteroatoms. The largest absolute Gasteiger partial charge is 0.440 e. The molecule has 16 heavy (non-hydrogen) atoms. The molecule has 1 rings (SSSR count). The van der Waals surface area contributed by atoms with Gasteiger partial charge in [-0.1, -0.05) is 40.5 Å². The van der Waals surface area contributed by atoms with Crippen molar-refractivity contribution in [2.24, 2.45) is 5.16 Å². The number of carbonyl (C=O) groups excluding carboxylic acids is 1. The van der Waals surface area contributed by atoms with Gasteiger partial charge in [0.25, 0.3) is 0 Å².